The molecule has 0 fully saturated rings. The van der Waals surface area contributed by atoms with Gasteiger partial charge >= 0.3 is 5.69 Å². The summed E-state index contributed by atoms with van der Waals surface area (Å²) in [5.74, 6) is 0.390. The third-order valence-corrected chi connectivity index (χ3v) is 2.24. The lowest BCUT2D eigenvalue weighted by atomic mass is 10.2. The first kappa shape index (κ1) is 13.1. The molecule has 1 atom stereocenters. The number of nitrogens with zero attached hydrogens (tertiary/aromatic N) is 3. The van der Waals surface area contributed by atoms with Crippen molar-refractivity contribution in [3.05, 3.63) is 16.3 Å². The van der Waals surface area contributed by atoms with Gasteiger partial charge in [0.2, 0.25) is 11.8 Å². The van der Waals surface area contributed by atoms with E-state index in [4.69, 9.17) is 5.11 Å². The Balaban J connectivity index is 3.04. The maximum atomic E-state index is 10.8. The third kappa shape index (κ3) is 3.25. The molecule has 0 saturated carbocycles. The van der Waals surface area contributed by atoms with Gasteiger partial charge in [-0.15, -0.1) is 0 Å². The van der Waals surface area contributed by atoms with E-state index in [1.807, 2.05) is 6.92 Å². The lowest BCUT2D eigenvalue weighted by Gasteiger charge is -2.14. The Bertz CT molecular complexity index is 394. The summed E-state index contributed by atoms with van der Waals surface area (Å²) >= 11 is 0. The predicted octanol–water partition coefficient (Wildman–Crippen LogP) is 0.609. The van der Waals surface area contributed by atoms with Crippen molar-refractivity contribution in [2.24, 2.45) is 0 Å². The Kier molecular flexibility index (Phi) is 4.58. The van der Waals surface area contributed by atoms with Gasteiger partial charge in [0, 0.05) is 7.05 Å². The van der Waals surface area contributed by atoms with Crippen molar-refractivity contribution in [2.45, 2.75) is 19.4 Å². The molecule has 0 aliphatic carbocycles. The Morgan fingerprint density at radius 3 is 2.82 bits per heavy atom. The molecule has 1 aromatic rings. The summed E-state index contributed by atoms with van der Waals surface area (Å²) in [7, 11) is 1.62. The monoisotopic (exact) mass is 241 g/mol. The number of nitro groups is 1. The van der Waals surface area contributed by atoms with Crippen LogP contribution in [0.1, 0.15) is 13.3 Å². The zero-order chi connectivity index (χ0) is 12.8. The molecule has 8 nitrogen and oxygen atoms in total. The van der Waals surface area contributed by atoms with Crippen molar-refractivity contribution < 1.29 is 10.0 Å². The van der Waals surface area contributed by atoms with Crippen LogP contribution >= 0.6 is 0 Å². The normalized spacial score (nSPS) is 11.9. The number of hydrogen-bond acceptors (Lipinski definition) is 7. The first-order valence-corrected chi connectivity index (χ1v) is 5.18. The standard InChI is InChI=1S/C9H15N5O3/c1-3-6(5-15)12-8-7(14(16)17)4-11-9(10-2)13-8/h4,6,15H,3,5H2,1-2H3,(H2,10,11,12,13). The zero-order valence-corrected chi connectivity index (χ0v) is 9.67. The lowest BCUT2D eigenvalue weighted by Crippen LogP contribution is -2.24. The van der Waals surface area contributed by atoms with Gasteiger partial charge in [-0.2, -0.15) is 4.98 Å². The largest absolute Gasteiger partial charge is 0.394 e. The number of anilines is 2. The van der Waals surface area contributed by atoms with E-state index in [1.54, 1.807) is 7.05 Å². The van der Waals surface area contributed by atoms with Crippen LogP contribution in [0.15, 0.2) is 6.20 Å². The van der Waals surface area contributed by atoms with Crippen molar-refractivity contribution in [1.29, 1.82) is 0 Å². The van der Waals surface area contributed by atoms with Crippen LogP contribution in [0, 0.1) is 10.1 Å². The minimum Gasteiger partial charge on any atom is -0.394 e. The zero-order valence-electron chi connectivity index (χ0n) is 9.67. The molecule has 0 aromatic carbocycles. The van der Waals surface area contributed by atoms with Gasteiger partial charge in [-0.25, -0.2) is 4.98 Å². The van der Waals surface area contributed by atoms with E-state index in [-0.39, 0.29) is 30.1 Å². The fourth-order valence-corrected chi connectivity index (χ4v) is 1.21. The van der Waals surface area contributed by atoms with Crippen molar-refractivity contribution in [2.75, 3.05) is 24.3 Å². The number of hydrogen-bond donors (Lipinski definition) is 3. The second-order valence-corrected chi connectivity index (χ2v) is 3.37. The lowest BCUT2D eigenvalue weighted by molar-refractivity contribution is -0.384. The van der Waals surface area contributed by atoms with Crippen LogP contribution in [0.2, 0.25) is 0 Å². The molecule has 3 N–H and O–H groups in total. The average Bonchev–Trinajstić information content (AvgIpc) is 2.35. The molecule has 1 aromatic heterocycles. The molecule has 0 aliphatic rings. The molecule has 94 valence electrons. The SMILES string of the molecule is CCC(CO)Nc1nc(NC)ncc1[N+](=O)[O-]. The van der Waals surface area contributed by atoms with E-state index >= 15 is 0 Å². The van der Waals surface area contributed by atoms with Crippen molar-refractivity contribution in [3.8, 4) is 0 Å². The van der Waals surface area contributed by atoms with Gasteiger partial charge < -0.3 is 15.7 Å². The molecular formula is C9H15N5O3. The topological polar surface area (TPSA) is 113 Å². The molecule has 1 heterocycles. The summed E-state index contributed by atoms with van der Waals surface area (Å²) in [6.07, 6.45) is 1.76. The molecular weight excluding hydrogens is 226 g/mol. The van der Waals surface area contributed by atoms with Crippen LogP contribution in [-0.2, 0) is 0 Å². The minimum atomic E-state index is -0.564. The van der Waals surface area contributed by atoms with Gasteiger partial charge in [-0.3, -0.25) is 10.1 Å². The Labute approximate surface area is 98.2 Å². The first-order valence-electron chi connectivity index (χ1n) is 5.18. The van der Waals surface area contributed by atoms with E-state index in [2.05, 4.69) is 20.6 Å². The second-order valence-electron chi connectivity index (χ2n) is 3.37. The summed E-state index contributed by atoms with van der Waals surface area (Å²) in [5, 5.41) is 25.3. The molecule has 0 aliphatic heterocycles. The van der Waals surface area contributed by atoms with Gasteiger partial charge in [-0.05, 0) is 6.42 Å². The number of aliphatic hydroxyl groups excluding tert-OH is 1. The molecule has 1 unspecified atom stereocenters. The number of aliphatic hydroxyl groups is 1. The molecule has 0 saturated heterocycles. The summed E-state index contributed by atoms with van der Waals surface area (Å²) in [6.45, 7) is 1.74. The van der Waals surface area contributed by atoms with E-state index in [0.717, 1.165) is 6.20 Å². The van der Waals surface area contributed by atoms with Crippen LogP contribution in [0.4, 0.5) is 17.5 Å². The summed E-state index contributed by atoms with van der Waals surface area (Å²) in [5.41, 5.74) is -0.212. The smallest absolute Gasteiger partial charge is 0.329 e. The third-order valence-electron chi connectivity index (χ3n) is 2.24. The summed E-state index contributed by atoms with van der Waals surface area (Å²) in [4.78, 5) is 18.0. The van der Waals surface area contributed by atoms with Crippen molar-refractivity contribution in [1.82, 2.24) is 9.97 Å². The summed E-state index contributed by atoms with van der Waals surface area (Å²) < 4.78 is 0. The van der Waals surface area contributed by atoms with Crippen LogP contribution in [0.3, 0.4) is 0 Å². The Morgan fingerprint density at radius 1 is 1.65 bits per heavy atom. The minimum absolute atomic E-state index is 0.107. The van der Waals surface area contributed by atoms with E-state index in [0.29, 0.717) is 6.42 Å². The highest BCUT2D eigenvalue weighted by Gasteiger charge is 2.19. The van der Waals surface area contributed by atoms with Gasteiger partial charge in [0.1, 0.15) is 6.20 Å². The van der Waals surface area contributed by atoms with Gasteiger partial charge in [0.05, 0.1) is 17.6 Å². The van der Waals surface area contributed by atoms with E-state index < -0.39 is 4.92 Å². The highest BCUT2D eigenvalue weighted by molar-refractivity contribution is 5.57. The van der Waals surface area contributed by atoms with Crippen LogP contribution < -0.4 is 10.6 Å². The number of rotatable bonds is 6. The van der Waals surface area contributed by atoms with Crippen molar-refractivity contribution >= 4 is 17.5 Å². The fraction of sp³-hybridized carbons (Fsp3) is 0.556. The Morgan fingerprint density at radius 2 is 2.35 bits per heavy atom. The number of aromatic nitrogens is 2. The van der Waals surface area contributed by atoms with Crippen LogP contribution in [0.5, 0.6) is 0 Å². The molecule has 0 spiro atoms. The highest BCUT2D eigenvalue weighted by Crippen LogP contribution is 2.22. The molecule has 17 heavy (non-hydrogen) atoms. The number of nitrogens with one attached hydrogen (secondary N) is 2. The van der Waals surface area contributed by atoms with Crippen LogP contribution in [-0.4, -0.2) is 39.7 Å². The maximum Gasteiger partial charge on any atom is 0.329 e. The summed E-state index contributed by atoms with van der Waals surface area (Å²) in [6, 6.07) is -0.270. The molecule has 0 radical (unpaired) electrons. The van der Waals surface area contributed by atoms with E-state index in [9.17, 15) is 10.1 Å². The average molecular weight is 241 g/mol. The van der Waals surface area contributed by atoms with Gasteiger partial charge in [0.15, 0.2) is 0 Å². The second kappa shape index (κ2) is 5.94. The fourth-order valence-electron chi connectivity index (χ4n) is 1.21. The van der Waals surface area contributed by atoms with Crippen LogP contribution in [0.25, 0.3) is 0 Å². The molecule has 8 heteroatoms. The van der Waals surface area contributed by atoms with Gasteiger partial charge in [-0.1, -0.05) is 6.92 Å². The van der Waals surface area contributed by atoms with Gasteiger partial charge in [0.25, 0.3) is 0 Å². The molecule has 0 amide bonds. The molecule has 1 rings (SSSR count). The Hall–Kier alpha value is -1.96. The van der Waals surface area contributed by atoms with E-state index in [1.165, 1.54) is 0 Å². The molecule has 0 bridgehead atoms. The predicted molar refractivity (Wildman–Crippen MR) is 63.0 cm³/mol. The maximum absolute atomic E-state index is 10.8. The quantitative estimate of drug-likeness (QED) is 0.494. The highest BCUT2D eigenvalue weighted by atomic mass is 16.6. The van der Waals surface area contributed by atoms with Crippen molar-refractivity contribution in [3.63, 3.8) is 0 Å². The first-order chi connectivity index (χ1) is 8.12.